The minimum absolute atomic E-state index is 0.469. The average Bonchev–Trinajstić information content (AvgIpc) is 2.71. The predicted octanol–water partition coefficient (Wildman–Crippen LogP) is 8.18. The first-order valence-corrected chi connectivity index (χ1v) is 12.9. The Kier molecular flexibility index (Phi) is 8.15. The molecule has 30 heavy (non-hydrogen) atoms. The summed E-state index contributed by atoms with van der Waals surface area (Å²) in [4.78, 5) is 4.98. The van der Waals surface area contributed by atoms with Crippen molar-refractivity contribution in [3.8, 4) is 5.75 Å². The number of aromatic nitrogens is 1. The summed E-state index contributed by atoms with van der Waals surface area (Å²) < 4.78 is 6.25. The van der Waals surface area contributed by atoms with Crippen molar-refractivity contribution in [1.29, 1.82) is 0 Å². The quantitative estimate of drug-likeness (QED) is 0.422. The third kappa shape index (κ3) is 4.84. The van der Waals surface area contributed by atoms with E-state index in [1.807, 2.05) is 7.11 Å². The summed E-state index contributed by atoms with van der Waals surface area (Å²) in [7, 11) is 1.87. The molecule has 2 aliphatic rings. The summed E-state index contributed by atoms with van der Waals surface area (Å²) in [5, 5.41) is 0. The summed E-state index contributed by atoms with van der Waals surface area (Å²) in [6.45, 7) is 14.4. The van der Waals surface area contributed by atoms with E-state index in [1.54, 1.807) is 0 Å². The number of hydrogen-bond donors (Lipinski definition) is 0. The molecule has 6 atom stereocenters. The molecular formula is C27H44ClNO. The molecule has 2 aliphatic carbocycles. The van der Waals surface area contributed by atoms with Crippen LogP contribution in [0.4, 0.5) is 0 Å². The van der Waals surface area contributed by atoms with Crippen LogP contribution < -0.4 is 4.74 Å². The van der Waals surface area contributed by atoms with Gasteiger partial charge in [0.15, 0.2) is 0 Å². The normalized spacial score (nSPS) is 32.6. The second kappa shape index (κ2) is 10.2. The highest BCUT2D eigenvalue weighted by Gasteiger charge is 2.39. The maximum atomic E-state index is 6.47. The van der Waals surface area contributed by atoms with Gasteiger partial charge in [-0.3, -0.25) is 4.98 Å². The van der Waals surface area contributed by atoms with Crippen LogP contribution in [0, 0.1) is 35.5 Å². The lowest BCUT2D eigenvalue weighted by Crippen LogP contribution is -2.29. The second-order valence-electron chi connectivity index (χ2n) is 11.1. The fraction of sp³-hybridized carbons (Fsp3) is 0.815. The smallest absolute Gasteiger partial charge is 0.129 e. The fourth-order valence-electron chi connectivity index (χ4n) is 6.64. The maximum Gasteiger partial charge on any atom is 0.129 e. The number of ether oxygens (including phenoxy) is 1. The molecule has 0 radical (unpaired) electrons. The summed E-state index contributed by atoms with van der Waals surface area (Å²) in [5.74, 6) is 6.88. The summed E-state index contributed by atoms with van der Waals surface area (Å²) in [5.41, 5.74) is 3.75. The third-order valence-electron chi connectivity index (χ3n) is 8.32. The number of alkyl halides is 1. The first-order valence-electron chi connectivity index (χ1n) is 12.4. The van der Waals surface area contributed by atoms with Crippen molar-refractivity contribution in [2.45, 2.75) is 97.8 Å². The Hall–Kier alpha value is -0.760. The molecule has 2 fully saturated rings. The van der Waals surface area contributed by atoms with Crippen LogP contribution >= 0.6 is 11.6 Å². The number of halogens is 1. The van der Waals surface area contributed by atoms with E-state index in [0.717, 1.165) is 23.3 Å². The molecule has 0 spiro atoms. The van der Waals surface area contributed by atoms with Crippen molar-refractivity contribution in [1.82, 2.24) is 4.98 Å². The molecule has 170 valence electrons. The van der Waals surface area contributed by atoms with Crippen molar-refractivity contribution < 1.29 is 4.74 Å². The first kappa shape index (κ1) is 23.9. The number of rotatable bonds is 6. The van der Waals surface area contributed by atoms with Crippen molar-refractivity contribution in [3.63, 3.8) is 0 Å². The summed E-state index contributed by atoms with van der Waals surface area (Å²) >= 11 is 6.47. The zero-order valence-electron chi connectivity index (χ0n) is 20.4. The molecule has 1 aromatic heterocycles. The van der Waals surface area contributed by atoms with E-state index in [1.165, 1.54) is 49.7 Å². The fourth-order valence-corrected chi connectivity index (χ4v) is 6.85. The predicted molar refractivity (Wildman–Crippen MR) is 129 cm³/mol. The van der Waals surface area contributed by atoms with Gasteiger partial charge in [-0.05, 0) is 73.0 Å². The van der Waals surface area contributed by atoms with E-state index in [9.17, 15) is 0 Å². The van der Waals surface area contributed by atoms with Gasteiger partial charge in [-0.25, -0.2) is 0 Å². The van der Waals surface area contributed by atoms with Crippen LogP contribution in [0.3, 0.4) is 0 Å². The molecule has 0 bridgehead atoms. The number of methoxy groups -OCH3 is 1. The minimum Gasteiger partial charge on any atom is -0.496 e. The van der Waals surface area contributed by atoms with Crippen LogP contribution in [0.15, 0.2) is 6.20 Å². The van der Waals surface area contributed by atoms with Crippen LogP contribution in [0.1, 0.15) is 109 Å². The van der Waals surface area contributed by atoms with Crippen molar-refractivity contribution in [2.75, 3.05) is 7.11 Å². The van der Waals surface area contributed by atoms with Gasteiger partial charge in [0, 0.05) is 17.3 Å². The van der Waals surface area contributed by atoms with Crippen LogP contribution in [-0.4, -0.2) is 12.1 Å². The molecule has 1 heterocycles. The van der Waals surface area contributed by atoms with Gasteiger partial charge in [-0.1, -0.05) is 54.4 Å². The van der Waals surface area contributed by atoms with Gasteiger partial charge >= 0.3 is 0 Å². The molecule has 0 N–H and O–H groups in total. The van der Waals surface area contributed by atoms with Crippen LogP contribution in [0.2, 0.25) is 0 Å². The van der Waals surface area contributed by atoms with Gasteiger partial charge in [0.25, 0.3) is 0 Å². The lowest BCUT2D eigenvalue weighted by molar-refractivity contribution is 0.186. The topological polar surface area (TPSA) is 22.1 Å². The summed E-state index contributed by atoms with van der Waals surface area (Å²) in [6, 6.07) is 0. The second-order valence-corrected chi connectivity index (χ2v) is 11.4. The molecule has 0 aromatic carbocycles. The minimum atomic E-state index is 0.469. The monoisotopic (exact) mass is 433 g/mol. The highest BCUT2D eigenvalue weighted by molar-refractivity contribution is 6.17. The Bertz CT molecular complexity index is 700. The van der Waals surface area contributed by atoms with E-state index in [4.69, 9.17) is 21.3 Å². The molecule has 2 nitrogen and oxygen atoms in total. The molecule has 3 heteroatoms. The molecule has 6 unspecified atom stereocenters. The van der Waals surface area contributed by atoms with Gasteiger partial charge in [-0.2, -0.15) is 0 Å². The SMILES string of the molecule is COc1c(C2CC(C)CCC2C(C)C)cnc(CCl)c1C1CC(C)CCC1C(C)C. The van der Waals surface area contributed by atoms with Gasteiger partial charge < -0.3 is 4.74 Å². The van der Waals surface area contributed by atoms with E-state index >= 15 is 0 Å². The zero-order chi connectivity index (χ0) is 22.0. The van der Waals surface area contributed by atoms with Crippen LogP contribution in [-0.2, 0) is 5.88 Å². The summed E-state index contributed by atoms with van der Waals surface area (Å²) in [6.07, 6.45) is 9.88. The largest absolute Gasteiger partial charge is 0.496 e. The van der Waals surface area contributed by atoms with E-state index in [2.05, 4.69) is 47.7 Å². The van der Waals surface area contributed by atoms with Crippen molar-refractivity contribution in [2.24, 2.45) is 35.5 Å². The van der Waals surface area contributed by atoms with Gasteiger partial charge in [0.05, 0.1) is 18.7 Å². The molecule has 0 saturated heterocycles. The van der Waals surface area contributed by atoms with Crippen molar-refractivity contribution >= 4 is 11.6 Å². The highest BCUT2D eigenvalue weighted by atomic mass is 35.5. The highest BCUT2D eigenvalue weighted by Crippen LogP contribution is 2.52. The van der Waals surface area contributed by atoms with E-state index < -0.39 is 0 Å². The lowest BCUT2D eigenvalue weighted by atomic mass is 9.65. The number of nitrogens with zero attached hydrogens (tertiary/aromatic N) is 1. The number of pyridine rings is 1. The molecule has 3 rings (SSSR count). The lowest BCUT2D eigenvalue weighted by Gasteiger charge is -2.41. The van der Waals surface area contributed by atoms with E-state index in [0.29, 0.717) is 41.4 Å². The Labute approximate surface area is 190 Å². The van der Waals surface area contributed by atoms with Crippen molar-refractivity contribution in [3.05, 3.63) is 23.0 Å². The molecule has 0 aliphatic heterocycles. The Morgan fingerprint density at radius 1 is 0.933 bits per heavy atom. The molecule has 2 saturated carbocycles. The van der Waals surface area contributed by atoms with E-state index in [-0.39, 0.29) is 0 Å². The van der Waals surface area contributed by atoms with Crippen LogP contribution in [0.25, 0.3) is 0 Å². The Morgan fingerprint density at radius 2 is 1.47 bits per heavy atom. The Balaban J connectivity index is 2.13. The van der Waals surface area contributed by atoms with Gasteiger partial charge in [0.1, 0.15) is 5.75 Å². The maximum absolute atomic E-state index is 6.47. The molecule has 1 aromatic rings. The zero-order valence-corrected chi connectivity index (χ0v) is 21.1. The van der Waals surface area contributed by atoms with Gasteiger partial charge in [-0.15, -0.1) is 11.6 Å². The first-order chi connectivity index (χ1) is 14.3. The Morgan fingerprint density at radius 3 is 1.97 bits per heavy atom. The molecule has 0 amide bonds. The average molecular weight is 434 g/mol. The van der Waals surface area contributed by atoms with Gasteiger partial charge in [0.2, 0.25) is 0 Å². The number of hydrogen-bond acceptors (Lipinski definition) is 2. The van der Waals surface area contributed by atoms with Crippen LogP contribution in [0.5, 0.6) is 5.75 Å². The molecular weight excluding hydrogens is 390 g/mol. The third-order valence-corrected chi connectivity index (χ3v) is 8.58. The standard InChI is InChI=1S/C27H44ClNO/c1-16(2)20-10-8-18(5)12-22(20)24-15-29-25(14-28)26(27(24)30-7)23-13-19(6)9-11-21(23)17(3)4/h15-23H,8-14H2,1-7H3.